The van der Waals surface area contributed by atoms with Crippen LogP contribution in [0.3, 0.4) is 0 Å². The van der Waals surface area contributed by atoms with Crippen LogP contribution in [0.4, 0.5) is 0 Å². The highest BCUT2D eigenvalue weighted by atomic mass is 16.5. The third-order valence-corrected chi connectivity index (χ3v) is 4.76. The molecule has 0 aliphatic heterocycles. The molecule has 2 aromatic rings. The Bertz CT molecular complexity index is 630. The molecular formula is C22H22O2. The van der Waals surface area contributed by atoms with Crippen LogP contribution in [0.25, 0.3) is 0 Å². The lowest BCUT2D eigenvalue weighted by Gasteiger charge is -2.40. The van der Waals surface area contributed by atoms with Crippen molar-refractivity contribution in [3.8, 4) is 0 Å². The molecule has 0 saturated heterocycles. The first kappa shape index (κ1) is 15.4. The van der Waals surface area contributed by atoms with Crippen LogP contribution in [0, 0.1) is 11.8 Å². The SMILES string of the molecule is C1=CC2C=CC1[C@H](OCc1ccccc1)[C@H]2OCc1ccccc1. The summed E-state index contributed by atoms with van der Waals surface area (Å²) in [6.45, 7) is 1.25. The summed E-state index contributed by atoms with van der Waals surface area (Å²) < 4.78 is 12.6. The van der Waals surface area contributed by atoms with E-state index in [4.69, 9.17) is 9.47 Å². The van der Waals surface area contributed by atoms with Gasteiger partial charge >= 0.3 is 0 Å². The Hall–Kier alpha value is -2.16. The lowest BCUT2D eigenvalue weighted by atomic mass is 9.77. The molecule has 2 heteroatoms. The molecule has 2 atom stereocenters. The first-order chi connectivity index (χ1) is 11.9. The van der Waals surface area contributed by atoms with E-state index in [1.165, 1.54) is 11.1 Å². The van der Waals surface area contributed by atoms with Crippen LogP contribution in [0.5, 0.6) is 0 Å². The second kappa shape index (κ2) is 7.16. The number of fused-ring (bicyclic) bond motifs is 1. The summed E-state index contributed by atoms with van der Waals surface area (Å²) in [4.78, 5) is 0. The molecule has 0 N–H and O–H groups in total. The molecule has 0 unspecified atom stereocenters. The Morgan fingerprint density at radius 3 is 1.29 bits per heavy atom. The Balaban J connectivity index is 1.44. The summed E-state index contributed by atoms with van der Waals surface area (Å²) in [5, 5.41) is 0. The number of hydrogen-bond acceptors (Lipinski definition) is 2. The third kappa shape index (κ3) is 3.35. The van der Waals surface area contributed by atoms with E-state index in [1.807, 2.05) is 12.1 Å². The molecule has 2 nitrogen and oxygen atoms in total. The van der Waals surface area contributed by atoms with Crippen molar-refractivity contribution in [2.24, 2.45) is 11.8 Å². The molecule has 122 valence electrons. The molecule has 5 rings (SSSR count). The smallest absolute Gasteiger partial charge is 0.0947 e. The molecule has 0 amide bonds. The lowest BCUT2D eigenvalue weighted by molar-refractivity contribution is -0.114. The van der Waals surface area contributed by atoms with Crippen molar-refractivity contribution in [2.75, 3.05) is 0 Å². The molecule has 0 heterocycles. The molecule has 0 fully saturated rings. The topological polar surface area (TPSA) is 18.5 Å². The van der Waals surface area contributed by atoms with Gasteiger partial charge in [-0.15, -0.1) is 0 Å². The summed E-state index contributed by atoms with van der Waals surface area (Å²) >= 11 is 0. The van der Waals surface area contributed by atoms with Gasteiger partial charge in [-0.1, -0.05) is 85.0 Å². The van der Waals surface area contributed by atoms with Gasteiger partial charge in [0, 0.05) is 11.8 Å². The van der Waals surface area contributed by atoms with Crippen molar-refractivity contribution in [2.45, 2.75) is 25.4 Å². The van der Waals surface area contributed by atoms with Gasteiger partial charge in [-0.05, 0) is 11.1 Å². The molecule has 2 bridgehead atoms. The van der Waals surface area contributed by atoms with E-state index in [0.717, 1.165) is 0 Å². The molecular weight excluding hydrogens is 296 g/mol. The van der Waals surface area contributed by atoms with Gasteiger partial charge in [-0.3, -0.25) is 0 Å². The first-order valence-electron chi connectivity index (χ1n) is 8.58. The Labute approximate surface area is 143 Å². The zero-order valence-electron chi connectivity index (χ0n) is 13.6. The van der Waals surface area contributed by atoms with Crippen molar-refractivity contribution in [3.63, 3.8) is 0 Å². The van der Waals surface area contributed by atoms with Crippen LogP contribution in [0.15, 0.2) is 85.0 Å². The minimum absolute atomic E-state index is 0.0777. The Kier molecular flexibility index (Phi) is 4.59. The fourth-order valence-electron chi connectivity index (χ4n) is 3.46. The van der Waals surface area contributed by atoms with Crippen LogP contribution >= 0.6 is 0 Å². The van der Waals surface area contributed by atoms with E-state index in [0.29, 0.717) is 25.0 Å². The van der Waals surface area contributed by atoms with Gasteiger partial charge in [-0.2, -0.15) is 0 Å². The van der Waals surface area contributed by atoms with E-state index in [2.05, 4.69) is 72.8 Å². The average molecular weight is 318 g/mol. The number of ether oxygens (including phenoxy) is 2. The van der Waals surface area contributed by atoms with Crippen LogP contribution in [0.1, 0.15) is 11.1 Å². The molecule has 0 spiro atoms. The zero-order valence-corrected chi connectivity index (χ0v) is 13.6. The Morgan fingerprint density at radius 1 is 0.542 bits per heavy atom. The van der Waals surface area contributed by atoms with E-state index in [-0.39, 0.29) is 12.2 Å². The fraction of sp³-hybridized carbons (Fsp3) is 0.273. The molecule has 2 aromatic carbocycles. The van der Waals surface area contributed by atoms with Crippen LogP contribution in [0.2, 0.25) is 0 Å². The molecule has 0 aromatic heterocycles. The van der Waals surface area contributed by atoms with Crippen molar-refractivity contribution in [1.29, 1.82) is 0 Å². The largest absolute Gasteiger partial charge is 0.370 e. The van der Waals surface area contributed by atoms with Gasteiger partial charge in [0.25, 0.3) is 0 Å². The van der Waals surface area contributed by atoms with Crippen LogP contribution in [-0.4, -0.2) is 12.2 Å². The zero-order chi connectivity index (χ0) is 16.2. The summed E-state index contributed by atoms with van der Waals surface area (Å²) in [7, 11) is 0. The number of benzene rings is 2. The summed E-state index contributed by atoms with van der Waals surface area (Å²) in [6, 6.07) is 20.7. The molecule has 0 saturated carbocycles. The van der Waals surface area contributed by atoms with Gasteiger partial charge < -0.3 is 9.47 Å². The van der Waals surface area contributed by atoms with E-state index >= 15 is 0 Å². The highest BCUT2D eigenvalue weighted by Crippen LogP contribution is 2.36. The van der Waals surface area contributed by atoms with Gasteiger partial charge in [0.2, 0.25) is 0 Å². The monoisotopic (exact) mass is 318 g/mol. The van der Waals surface area contributed by atoms with Gasteiger partial charge in [-0.25, -0.2) is 0 Å². The summed E-state index contributed by atoms with van der Waals surface area (Å²) in [5.41, 5.74) is 2.41. The first-order valence-corrected chi connectivity index (χ1v) is 8.58. The standard InChI is InChI=1S/C22H22O2/c1-3-7-17(8-4-1)15-23-21-19-11-13-20(14-12-19)22(21)24-16-18-9-5-2-6-10-18/h1-14,19-22H,15-16H2/t19?,20?,21-,22-/m0/s1. The number of hydrogen-bond donors (Lipinski definition) is 0. The highest BCUT2D eigenvalue weighted by Gasteiger charge is 2.39. The van der Waals surface area contributed by atoms with Crippen molar-refractivity contribution < 1.29 is 9.47 Å². The minimum atomic E-state index is 0.0777. The van der Waals surface area contributed by atoms with E-state index < -0.39 is 0 Å². The predicted octanol–water partition coefficient (Wildman–Crippen LogP) is 4.53. The maximum absolute atomic E-state index is 6.28. The second-order valence-electron chi connectivity index (χ2n) is 6.45. The quantitative estimate of drug-likeness (QED) is 0.729. The Morgan fingerprint density at radius 2 is 0.917 bits per heavy atom. The molecule has 0 radical (unpaired) electrons. The van der Waals surface area contributed by atoms with E-state index in [9.17, 15) is 0 Å². The molecule has 3 aliphatic rings. The molecule has 24 heavy (non-hydrogen) atoms. The van der Waals surface area contributed by atoms with Gasteiger partial charge in [0.1, 0.15) is 0 Å². The average Bonchev–Trinajstić information content (AvgIpc) is 2.67. The summed E-state index contributed by atoms with van der Waals surface area (Å²) in [6.07, 6.45) is 9.17. The maximum atomic E-state index is 6.28. The van der Waals surface area contributed by atoms with Gasteiger partial charge in [0.15, 0.2) is 0 Å². The van der Waals surface area contributed by atoms with Crippen molar-refractivity contribution >= 4 is 0 Å². The molecule has 3 aliphatic carbocycles. The maximum Gasteiger partial charge on any atom is 0.0947 e. The van der Waals surface area contributed by atoms with E-state index in [1.54, 1.807) is 0 Å². The lowest BCUT2D eigenvalue weighted by Crippen LogP contribution is -2.45. The number of rotatable bonds is 6. The van der Waals surface area contributed by atoms with Crippen molar-refractivity contribution in [3.05, 3.63) is 96.1 Å². The normalized spacial score (nSPS) is 27.5. The minimum Gasteiger partial charge on any atom is -0.370 e. The third-order valence-electron chi connectivity index (χ3n) is 4.76. The van der Waals surface area contributed by atoms with Crippen molar-refractivity contribution in [1.82, 2.24) is 0 Å². The predicted molar refractivity (Wildman–Crippen MR) is 95.3 cm³/mol. The van der Waals surface area contributed by atoms with Gasteiger partial charge in [0.05, 0.1) is 25.4 Å². The van der Waals surface area contributed by atoms with Crippen LogP contribution in [-0.2, 0) is 22.7 Å². The summed E-state index contributed by atoms with van der Waals surface area (Å²) in [5.74, 6) is 0.610. The second-order valence-corrected chi connectivity index (χ2v) is 6.45. The van der Waals surface area contributed by atoms with Crippen LogP contribution < -0.4 is 0 Å². The fourth-order valence-corrected chi connectivity index (χ4v) is 3.46. The highest BCUT2D eigenvalue weighted by molar-refractivity contribution is 5.24.